The lowest BCUT2D eigenvalue weighted by molar-refractivity contribution is -0.126. The number of likely N-dealkylation sites (tertiary alicyclic amines) is 1. The second-order valence-corrected chi connectivity index (χ2v) is 4.19. The number of carbonyl (C=O) groups excluding carboxylic acids is 2. The molecule has 1 saturated heterocycles. The molecule has 1 heterocycles. The fraction of sp³-hybridized carbons (Fsp3) is 0.714. The summed E-state index contributed by atoms with van der Waals surface area (Å²) >= 11 is 1.27. The molecule has 0 radical (unpaired) electrons. The molecule has 3 nitrogen and oxygen atoms in total. The number of thioether (sulfide) groups is 1. The van der Waals surface area contributed by atoms with E-state index in [1.165, 1.54) is 18.7 Å². The number of rotatable bonds is 1. The molecule has 1 aliphatic rings. The molecule has 0 aromatic rings. The van der Waals surface area contributed by atoms with Gasteiger partial charge in [0.2, 0.25) is 5.91 Å². The van der Waals surface area contributed by atoms with E-state index < -0.39 is 0 Å². The second kappa shape index (κ2) is 3.26. The summed E-state index contributed by atoms with van der Waals surface area (Å²) in [4.78, 5) is 23.3. The van der Waals surface area contributed by atoms with Crippen LogP contribution in [0.25, 0.3) is 0 Å². The maximum Gasteiger partial charge on any atom is 0.223 e. The van der Waals surface area contributed by atoms with E-state index >= 15 is 0 Å². The SMILES string of the molecule is CC(=O)S[C@@H]1CC(=O)N(C)C1. The van der Waals surface area contributed by atoms with Crippen LogP contribution in [0.15, 0.2) is 0 Å². The van der Waals surface area contributed by atoms with E-state index in [2.05, 4.69) is 0 Å². The molecule has 11 heavy (non-hydrogen) atoms. The van der Waals surface area contributed by atoms with E-state index in [0.29, 0.717) is 13.0 Å². The van der Waals surface area contributed by atoms with Crippen LogP contribution in [0.5, 0.6) is 0 Å². The Morgan fingerprint density at radius 2 is 2.36 bits per heavy atom. The molecule has 1 fully saturated rings. The van der Waals surface area contributed by atoms with Crippen molar-refractivity contribution in [1.29, 1.82) is 0 Å². The molecular weight excluding hydrogens is 162 g/mol. The van der Waals surface area contributed by atoms with Gasteiger partial charge in [-0.25, -0.2) is 0 Å². The minimum atomic E-state index is 0.0955. The zero-order chi connectivity index (χ0) is 8.43. The first-order chi connectivity index (χ1) is 5.09. The van der Waals surface area contributed by atoms with E-state index in [0.717, 1.165) is 0 Å². The van der Waals surface area contributed by atoms with Gasteiger partial charge in [-0.3, -0.25) is 9.59 Å². The molecule has 1 rings (SSSR count). The highest BCUT2D eigenvalue weighted by atomic mass is 32.2. The average Bonchev–Trinajstić information content (AvgIpc) is 2.10. The van der Waals surface area contributed by atoms with Crippen molar-refractivity contribution >= 4 is 22.8 Å². The van der Waals surface area contributed by atoms with Crippen LogP contribution in [-0.4, -0.2) is 34.8 Å². The summed E-state index contributed by atoms with van der Waals surface area (Å²) < 4.78 is 0. The van der Waals surface area contributed by atoms with Crippen LogP contribution in [0.2, 0.25) is 0 Å². The second-order valence-electron chi connectivity index (χ2n) is 2.71. The molecule has 1 atom stereocenters. The predicted octanol–water partition coefficient (Wildman–Crippen LogP) is 0.497. The van der Waals surface area contributed by atoms with Gasteiger partial charge in [-0.05, 0) is 0 Å². The van der Waals surface area contributed by atoms with Gasteiger partial charge in [0.15, 0.2) is 5.12 Å². The summed E-state index contributed by atoms with van der Waals surface area (Å²) in [5.41, 5.74) is 0. The van der Waals surface area contributed by atoms with Crippen LogP contribution >= 0.6 is 11.8 Å². The fourth-order valence-electron chi connectivity index (χ4n) is 1.14. The van der Waals surface area contributed by atoms with Crippen LogP contribution < -0.4 is 0 Å². The summed E-state index contributed by atoms with van der Waals surface area (Å²) in [5, 5.41) is 0.281. The highest BCUT2D eigenvalue weighted by molar-refractivity contribution is 8.14. The molecule has 0 spiro atoms. The Labute approximate surface area is 70.1 Å². The highest BCUT2D eigenvalue weighted by Crippen LogP contribution is 2.22. The van der Waals surface area contributed by atoms with Crippen LogP contribution in [0, 0.1) is 0 Å². The summed E-state index contributed by atoms with van der Waals surface area (Å²) in [5.74, 6) is 0.142. The van der Waals surface area contributed by atoms with Gasteiger partial charge in [0.1, 0.15) is 0 Å². The molecule has 4 heteroatoms. The smallest absolute Gasteiger partial charge is 0.223 e. The third-order valence-electron chi connectivity index (χ3n) is 1.64. The van der Waals surface area contributed by atoms with E-state index in [-0.39, 0.29) is 16.3 Å². The predicted molar refractivity (Wildman–Crippen MR) is 44.3 cm³/mol. The van der Waals surface area contributed by atoms with Crippen molar-refractivity contribution in [1.82, 2.24) is 4.90 Å². The quantitative estimate of drug-likeness (QED) is 0.579. The van der Waals surface area contributed by atoms with Gasteiger partial charge in [0.25, 0.3) is 0 Å². The van der Waals surface area contributed by atoms with E-state index in [1.807, 2.05) is 0 Å². The Morgan fingerprint density at radius 1 is 1.73 bits per heavy atom. The van der Waals surface area contributed by atoms with Crippen LogP contribution in [-0.2, 0) is 9.59 Å². The van der Waals surface area contributed by atoms with E-state index in [4.69, 9.17) is 0 Å². The van der Waals surface area contributed by atoms with Crippen LogP contribution in [0.3, 0.4) is 0 Å². The first kappa shape index (κ1) is 8.59. The maximum absolute atomic E-state index is 11.0. The minimum Gasteiger partial charge on any atom is -0.345 e. The summed E-state index contributed by atoms with van der Waals surface area (Å²) in [6.07, 6.45) is 0.515. The largest absolute Gasteiger partial charge is 0.345 e. The van der Waals surface area contributed by atoms with Crippen molar-refractivity contribution < 1.29 is 9.59 Å². The molecule has 62 valence electrons. The molecule has 0 bridgehead atoms. The number of hydrogen-bond acceptors (Lipinski definition) is 3. The van der Waals surface area contributed by atoms with Gasteiger partial charge in [-0.15, -0.1) is 0 Å². The van der Waals surface area contributed by atoms with Crippen LogP contribution in [0.1, 0.15) is 13.3 Å². The van der Waals surface area contributed by atoms with E-state index in [1.54, 1.807) is 11.9 Å². The number of amides is 1. The van der Waals surface area contributed by atoms with Gasteiger partial charge in [0, 0.05) is 32.2 Å². The average molecular weight is 173 g/mol. The topological polar surface area (TPSA) is 37.4 Å². The number of hydrogen-bond donors (Lipinski definition) is 0. The van der Waals surface area contributed by atoms with Crippen molar-refractivity contribution in [3.8, 4) is 0 Å². The molecule has 0 aromatic carbocycles. The van der Waals surface area contributed by atoms with Gasteiger partial charge in [0.05, 0.1) is 0 Å². The molecule has 0 unspecified atom stereocenters. The van der Waals surface area contributed by atoms with E-state index in [9.17, 15) is 9.59 Å². The normalized spacial score (nSPS) is 24.4. The van der Waals surface area contributed by atoms with Crippen molar-refractivity contribution in [2.24, 2.45) is 0 Å². The van der Waals surface area contributed by atoms with Crippen LogP contribution in [0.4, 0.5) is 0 Å². The van der Waals surface area contributed by atoms with Gasteiger partial charge in [-0.1, -0.05) is 11.8 Å². The molecule has 0 N–H and O–H groups in total. The van der Waals surface area contributed by atoms with Gasteiger partial charge < -0.3 is 4.90 Å². The fourth-order valence-corrected chi connectivity index (χ4v) is 2.13. The molecule has 0 aromatic heterocycles. The summed E-state index contributed by atoms with van der Waals surface area (Å²) in [6.45, 7) is 2.25. The molecule has 0 saturated carbocycles. The van der Waals surface area contributed by atoms with Gasteiger partial charge >= 0.3 is 0 Å². The third kappa shape index (κ3) is 2.22. The summed E-state index contributed by atoms with van der Waals surface area (Å²) in [6, 6.07) is 0. The minimum absolute atomic E-state index is 0.0955. The lowest BCUT2D eigenvalue weighted by atomic mass is 10.4. The zero-order valence-corrected chi connectivity index (χ0v) is 7.48. The van der Waals surface area contributed by atoms with Crippen molar-refractivity contribution in [3.63, 3.8) is 0 Å². The Morgan fingerprint density at radius 3 is 2.73 bits per heavy atom. The zero-order valence-electron chi connectivity index (χ0n) is 6.66. The van der Waals surface area contributed by atoms with Crippen molar-refractivity contribution in [2.75, 3.05) is 13.6 Å². The summed E-state index contributed by atoms with van der Waals surface area (Å²) in [7, 11) is 1.77. The molecular formula is C7H11NO2S. The Balaban J connectivity index is 2.41. The monoisotopic (exact) mass is 173 g/mol. The Hall–Kier alpha value is -0.510. The molecule has 0 aliphatic carbocycles. The third-order valence-corrected chi connectivity index (χ3v) is 2.62. The lowest BCUT2D eigenvalue weighted by Crippen LogP contribution is -2.19. The number of carbonyl (C=O) groups is 2. The lowest BCUT2D eigenvalue weighted by Gasteiger charge is -2.07. The number of nitrogens with zero attached hydrogens (tertiary/aromatic N) is 1. The van der Waals surface area contributed by atoms with Crippen molar-refractivity contribution in [3.05, 3.63) is 0 Å². The first-order valence-electron chi connectivity index (χ1n) is 3.51. The standard InChI is InChI=1S/C7H11NO2S/c1-5(9)11-6-3-7(10)8(2)4-6/h6H,3-4H2,1-2H3/t6-/m1/s1. The molecule has 1 aliphatic heterocycles. The molecule has 1 amide bonds. The van der Waals surface area contributed by atoms with Crippen molar-refractivity contribution in [2.45, 2.75) is 18.6 Å². The Kier molecular flexibility index (Phi) is 2.54. The van der Waals surface area contributed by atoms with Gasteiger partial charge in [-0.2, -0.15) is 0 Å². The Bertz CT molecular complexity index is 191. The maximum atomic E-state index is 11.0. The highest BCUT2D eigenvalue weighted by Gasteiger charge is 2.27. The first-order valence-corrected chi connectivity index (χ1v) is 4.38.